The molecule has 5 heteroatoms. The molecule has 27 heavy (non-hydrogen) atoms. The minimum absolute atomic E-state index is 0.173. The maximum absolute atomic E-state index is 11.4. The van der Waals surface area contributed by atoms with Crippen molar-refractivity contribution in [2.75, 3.05) is 0 Å². The number of benzene rings is 2. The fraction of sp³-hybridized carbons (Fsp3) is 0.318. The minimum Gasteiger partial charge on any atom is -0.475 e. The fourth-order valence-electron chi connectivity index (χ4n) is 2.56. The Balaban J connectivity index is 0.000000855. The molecule has 5 nitrogen and oxygen atoms in total. The summed E-state index contributed by atoms with van der Waals surface area (Å²) < 4.78 is 2.10. The standard InChI is InChI=1S/C18H16N2O3.2C2H6/c1-11(2)20-10-19-15-9-14(7-8-16(15)20)12-3-5-13(6-4-12)17(21)18(22)23;2*1-2/h3-11H,1-2H3,(H,22,23);2*1-2H3. The molecule has 0 bridgehead atoms. The van der Waals surface area contributed by atoms with Gasteiger partial charge in [-0.05, 0) is 37.1 Å². The van der Waals surface area contributed by atoms with Crippen LogP contribution in [0.15, 0.2) is 48.8 Å². The largest absolute Gasteiger partial charge is 0.475 e. The Bertz CT molecular complexity index is 894. The van der Waals surface area contributed by atoms with Crippen molar-refractivity contribution in [3.05, 3.63) is 54.4 Å². The molecule has 1 heterocycles. The second kappa shape index (κ2) is 10.3. The number of hydrogen-bond donors (Lipinski definition) is 1. The Labute approximate surface area is 160 Å². The fourth-order valence-corrected chi connectivity index (χ4v) is 2.56. The maximum Gasteiger partial charge on any atom is 0.377 e. The number of aliphatic carboxylic acids is 1. The molecule has 0 atom stereocenters. The molecule has 1 aromatic heterocycles. The SMILES string of the molecule is CC.CC.CC(C)n1cnc2cc(-c3ccc(C(=O)C(=O)O)cc3)ccc21. The Morgan fingerprint density at radius 2 is 1.48 bits per heavy atom. The number of hydrogen-bond acceptors (Lipinski definition) is 3. The third kappa shape index (κ3) is 5.03. The summed E-state index contributed by atoms with van der Waals surface area (Å²) in [4.78, 5) is 26.5. The van der Waals surface area contributed by atoms with Gasteiger partial charge in [-0.25, -0.2) is 9.78 Å². The molecule has 2 aromatic carbocycles. The van der Waals surface area contributed by atoms with Crippen LogP contribution < -0.4 is 0 Å². The first-order valence-corrected chi connectivity index (χ1v) is 9.32. The van der Waals surface area contributed by atoms with Gasteiger partial charge in [-0.3, -0.25) is 4.79 Å². The highest BCUT2D eigenvalue weighted by atomic mass is 16.4. The molecule has 0 aliphatic rings. The molecule has 0 spiro atoms. The van der Waals surface area contributed by atoms with E-state index in [9.17, 15) is 9.59 Å². The van der Waals surface area contributed by atoms with Gasteiger partial charge in [0.1, 0.15) is 0 Å². The molecular formula is C22H28N2O3. The van der Waals surface area contributed by atoms with Gasteiger partial charge >= 0.3 is 5.97 Å². The number of carboxylic acid groups (broad SMARTS) is 1. The molecular weight excluding hydrogens is 340 g/mol. The third-order valence-corrected chi connectivity index (χ3v) is 3.81. The van der Waals surface area contributed by atoms with Crippen molar-refractivity contribution in [1.29, 1.82) is 0 Å². The lowest BCUT2D eigenvalue weighted by Gasteiger charge is -2.08. The second-order valence-electron chi connectivity index (χ2n) is 5.66. The average molecular weight is 368 g/mol. The first kappa shape index (κ1) is 22.1. The summed E-state index contributed by atoms with van der Waals surface area (Å²) in [5.41, 5.74) is 4.03. The van der Waals surface area contributed by atoms with Gasteiger partial charge in [0.25, 0.3) is 5.78 Å². The van der Waals surface area contributed by atoms with Gasteiger partial charge in [-0.15, -0.1) is 0 Å². The lowest BCUT2D eigenvalue weighted by atomic mass is 10.0. The van der Waals surface area contributed by atoms with Gasteiger partial charge in [0.05, 0.1) is 17.4 Å². The molecule has 1 N–H and O–H groups in total. The number of carbonyl (C=O) groups is 2. The van der Waals surface area contributed by atoms with Crippen LogP contribution in [-0.2, 0) is 4.79 Å². The molecule has 0 aliphatic carbocycles. The van der Waals surface area contributed by atoms with Crippen LogP contribution in [0.3, 0.4) is 0 Å². The van der Waals surface area contributed by atoms with E-state index >= 15 is 0 Å². The molecule has 0 fully saturated rings. The zero-order chi connectivity index (χ0) is 20.6. The predicted octanol–water partition coefficient (Wildman–Crippen LogP) is 5.60. The van der Waals surface area contributed by atoms with Gasteiger partial charge in [-0.2, -0.15) is 0 Å². The first-order chi connectivity index (χ1) is 13.0. The molecule has 0 aliphatic heterocycles. The summed E-state index contributed by atoms with van der Waals surface area (Å²) in [6, 6.07) is 12.9. The Morgan fingerprint density at radius 1 is 0.926 bits per heavy atom. The molecule has 0 amide bonds. The molecule has 3 aromatic rings. The Morgan fingerprint density at radius 3 is 2.00 bits per heavy atom. The molecule has 0 saturated carbocycles. The van der Waals surface area contributed by atoms with E-state index in [4.69, 9.17) is 5.11 Å². The number of carbonyl (C=O) groups excluding carboxylic acids is 1. The van der Waals surface area contributed by atoms with E-state index in [1.165, 1.54) is 12.1 Å². The van der Waals surface area contributed by atoms with Crippen LogP contribution in [0, 0.1) is 0 Å². The van der Waals surface area contributed by atoms with Crippen molar-refractivity contribution in [1.82, 2.24) is 9.55 Å². The average Bonchev–Trinajstić information content (AvgIpc) is 3.14. The minimum atomic E-state index is -1.45. The van der Waals surface area contributed by atoms with Gasteiger partial charge in [0.2, 0.25) is 0 Å². The van der Waals surface area contributed by atoms with Crippen molar-refractivity contribution in [3.8, 4) is 11.1 Å². The third-order valence-electron chi connectivity index (χ3n) is 3.81. The topological polar surface area (TPSA) is 72.2 Å². The number of aromatic nitrogens is 2. The highest BCUT2D eigenvalue weighted by Gasteiger charge is 2.14. The Hall–Kier alpha value is -2.95. The summed E-state index contributed by atoms with van der Waals surface area (Å²) in [6.07, 6.45) is 1.83. The normalized spacial score (nSPS) is 9.89. The monoisotopic (exact) mass is 368 g/mol. The Kier molecular flexibility index (Phi) is 8.39. The van der Waals surface area contributed by atoms with Crippen molar-refractivity contribution in [3.63, 3.8) is 0 Å². The zero-order valence-corrected chi connectivity index (χ0v) is 16.9. The smallest absolute Gasteiger partial charge is 0.377 e. The number of rotatable bonds is 4. The molecule has 0 radical (unpaired) electrons. The maximum atomic E-state index is 11.4. The predicted molar refractivity (Wildman–Crippen MR) is 110 cm³/mol. The summed E-state index contributed by atoms with van der Waals surface area (Å²) in [6.45, 7) is 12.2. The van der Waals surface area contributed by atoms with E-state index in [0.29, 0.717) is 6.04 Å². The lowest BCUT2D eigenvalue weighted by molar-refractivity contribution is -0.131. The van der Waals surface area contributed by atoms with Crippen molar-refractivity contribution >= 4 is 22.8 Å². The molecule has 0 unspecified atom stereocenters. The van der Waals surface area contributed by atoms with Crippen LogP contribution in [0.1, 0.15) is 57.9 Å². The summed E-state index contributed by atoms with van der Waals surface area (Å²) >= 11 is 0. The van der Waals surface area contributed by atoms with Gasteiger partial charge < -0.3 is 9.67 Å². The number of ketones is 1. The molecule has 144 valence electrons. The highest BCUT2D eigenvalue weighted by molar-refractivity contribution is 6.39. The second-order valence-corrected chi connectivity index (χ2v) is 5.66. The number of imidazole rings is 1. The van der Waals surface area contributed by atoms with Crippen LogP contribution in [0.5, 0.6) is 0 Å². The van der Waals surface area contributed by atoms with E-state index in [0.717, 1.165) is 22.2 Å². The summed E-state index contributed by atoms with van der Waals surface area (Å²) in [5.74, 6) is -2.35. The molecule has 0 saturated heterocycles. The van der Waals surface area contributed by atoms with E-state index in [2.05, 4.69) is 23.4 Å². The zero-order valence-electron chi connectivity index (χ0n) is 16.9. The van der Waals surface area contributed by atoms with Gasteiger partial charge in [0.15, 0.2) is 0 Å². The van der Waals surface area contributed by atoms with E-state index in [1.807, 2.05) is 52.2 Å². The number of nitrogens with zero attached hydrogens (tertiary/aromatic N) is 2. The number of Topliss-reactive ketones (excluding diaryl/α,β-unsaturated/α-hetero) is 1. The van der Waals surface area contributed by atoms with E-state index < -0.39 is 11.8 Å². The summed E-state index contributed by atoms with van der Waals surface area (Å²) in [5, 5.41) is 8.73. The van der Waals surface area contributed by atoms with E-state index in [1.54, 1.807) is 12.1 Å². The summed E-state index contributed by atoms with van der Waals surface area (Å²) in [7, 11) is 0. The quantitative estimate of drug-likeness (QED) is 0.480. The van der Waals surface area contributed by atoms with Crippen LogP contribution in [0.25, 0.3) is 22.2 Å². The number of carboxylic acids is 1. The molecule has 3 rings (SSSR count). The van der Waals surface area contributed by atoms with Gasteiger partial charge in [0, 0.05) is 11.6 Å². The van der Waals surface area contributed by atoms with Crippen molar-refractivity contribution < 1.29 is 14.7 Å². The van der Waals surface area contributed by atoms with Crippen LogP contribution in [0.4, 0.5) is 0 Å². The first-order valence-electron chi connectivity index (χ1n) is 9.32. The van der Waals surface area contributed by atoms with Gasteiger partial charge in [-0.1, -0.05) is 58.0 Å². The van der Waals surface area contributed by atoms with Crippen molar-refractivity contribution in [2.45, 2.75) is 47.6 Å². The van der Waals surface area contributed by atoms with Crippen molar-refractivity contribution in [2.24, 2.45) is 0 Å². The van der Waals surface area contributed by atoms with Crippen LogP contribution in [0.2, 0.25) is 0 Å². The van der Waals surface area contributed by atoms with Crippen LogP contribution in [-0.4, -0.2) is 26.4 Å². The lowest BCUT2D eigenvalue weighted by Crippen LogP contribution is -2.12. The number of fused-ring (bicyclic) bond motifs is 1. The highest BCUT2D eigenvalue weighted by Crippen LogP contribution is 2.25. The van der Waals surface area contributed by atoms with E-state index in [-0.39, 0.29) is 5.56 Å². The van der Waals surface area contributed by atoms with Crippen LogP contribution >= 0.6 is 0 Å².